The van der Waals surface area contributed by atoms with E-state index >= 15 is 0 Å². The minimum atomic E-state index is -0.531. The van der Waals surface area contributed by atoms with Gasteiger partial charge >= 0.3 is 5.97 Å². The highest BCUT2D eigenvalue weighted by atomic mass is 16.6. The number of hydrogen-bond donors (Lipinski definition) is 1. The van der Waals surface area contributed by atoms with Gasteiger partial charge in [0.15, 0.2) is 0 Å². The molecule has 1 amide bonds. The molecule has 0 spiro atoms. The Kier molecular flexibility index (Phi) is 6.06. The Morgan fingerprint density at radius 1 is 1.38 bits per heavy atom. The molecule has 1 aromatic carbocycles. The SMILES string of the molecule is C=C(C)C(=O)OCCNC(=O)Cc1ccccc1[N+](=O)[O-]. The van der Waals surface area contributed by atoms with Gasteiger partial charge in [-0.2, -0.15) is 0 Å². The number of carbonyl (C=O) groups is 2. The summed E-state index contributed by atoms with van der Waals surface area (Å²) in [5.74, 6) is -0.904. The van der Waals surface area contributed by atoms with Crippen LogP contribution in [0.2, 0.25) is 0 Å². The average molecular weight is 292 g/mol. The molecular weight excluding hydrogens is 276 g/mol. The van der Waals surface area contributed by atoms with E-state index in [1.807, 2.05) is 0 Å². The standard InChI is InChI=1S/C14H16N2O5/c1-10(2)14(18)21-8-7-15-13(17)9-11-5-3-4-6-12(11)16(19)20/h3-6H,1,7-9H2,2H3,(H,15,17). The van der Waals surface area contributed by atoms with Gasteiger partial charge in [0.2, 0.25) is 5.91 Å². The van der Waals surface area contributed by atoms with Crippen LogP contribution in [0.25, 0.3) is 0 Å². The molecule has 7 nitrogen and oxygen atoms in total. The molecule has 1 rings (SSSR count). The lowest BCUT2D eigenvalue weighted by Crippen LogP contribution is -2.29. The van der Waals surface area contributed by atoms with Crippen LogP contribution in [0.5, 0.6) is 0 Å². The largest absolute Gasteiger partial charge is 0.460 e. The third-order valence-electron chi connectivity index (χ3n) is 2.55. The summed E-state index contributed by atoms with van der Waals surface area (Å²) < 4.78 is 4.80. The van der Waals surface area contributed by atoms with Gasteiger partial charge in [0.25, 0.3) is 5.69 Å². The highest BCUT2D eigenvalue weighted by molar-refractivity contribution is 5.87. The number of nitro groups is 1. The summed E-state index contributed by atoms with van der Waals surface area (Å²) in [4.78, 5) is 33.0. The van der Waals surface area contributed by atoms with Crippen molar-refractivity contribution >= 4 is 17.6 Å². The van der Waals surface area contributed by atoms with E-state index in [0.717, 1.165) is 0 Å². The number of hydrogen-bond acceptors (Lipinski definition) is 5. The molecule has 0 aliphatic rings. The molecule has 0 saturated carbocycles. The molecule has 0 radical (unpaired) electrons. The van der Waals surface area contributed by atoms with Crippen molar-refractivity contribution in [1.82, 2.24) is 5.32 Å². The van der Waals surface area contributed by atoms with E-state index in [1.54, 1.807) is 6.07 Å². The first-order valence-corrected chi connectivity index (χ1v) is 6.23. The quantitative estimate of drug-likeness (QED) is 0.269. The fourth-order valence-electron chi connectivity index (χ4n) is 1.53. The van der Waals surface area contributed by atoms with E-state index in [-0.39, 0.29) is 36.7 Å². The van der Waals surface area contributed by atoms with Crippen LogP contribution in [0.4, 0.5) is 5.69 Å². The van der Waals surface area contributed by atoms with Crippen molar-refractivity contribution < 1.29 is 19.2 Å². The fraction of sp³-hybridized carbons (Fsp3) is 0.286. The van der Waals surface area contributed by atoms with Crippen LogP contribution >= 0.6 is 0 Å². The zero-order valence-corrected chi connectivity index (χ0v) is 11.6. The number of nitrogens with zero attached hydrogens (tertiary/aromatic N) is 1. The van der Waals surface area contributed by atoms with Gasteiger partial charge in [-0.1, -0.05) is 24.8 Å². The van der Waals surface area contributed by atoms with Gasteiger partial charge in [0, 0.05) is 17.2 Å². The molecule has 0 saturated heterocycles. The molecule has 0 fully saturated rings. The number of nitrogens with one attached hydrogen (secondary N) is 1. The third-order valence-corrected chi connectivity index (χ3v) is 2.55. The van der Waals surface area contributed by atoms with Crippen LogP contribution in [0, 0.1) is 10.1 Å². The summed E-state index contributed by atoms with van der Waals surface area (Å²) in [6, 6.07) is 6.04. The summed E-state index contributed by atoms with van der Waals surface area (Å²) in [5.41, 5.74) is 0.515. The molecule has 0 bridgehead atoms. The Bertz CT molecular complexity index is 568. The van der Waals surface area contributed by atoms with E-state index < -0.39 is 10.9 Å². The van der Waals surface area contributed by atoms with E-state index in [4.69, 9.17) is 4.74 Å². The number of para-hydroxylation sites is 1. The number of nitro benzene ring substituents is 1. The maximum Gasteiger partial charge on any atom is 0.333 e. The molecule has 1 aromatic rings. The summed E-state index contributed by atoms with van der Waals surface area (Å²) in [7, 11) is 0. The summed E-state index contributed by atoms with van der Waals surface area (Å²) >= 11 is 0. The third kappa shape index (κ3) is 5.43. The lowest BCUT2D eigenvalue weighted by Gasteiger charge is -2.07. The monoisotopic (exact) mass is 292 g/mol. The minimum Gasteiger partial charge on any atom is -0.460 e. The first-order valence-electron chi connectivity index (χ1n) is 6.23. The number of ether oxygens (including phenoxy) is 1. The second-order valence-electron chi connectivity index (χ2n) is 4.33. The molecule has 0 aliphatic carbocycles. The molecule has 0 heterocycles. The Labute approximate surface area is 121 Å². The van der Waals surface area contributed by atoms with E-state index in [9.17, 15) is 19.7 Å². The van der Waals surface area contributed by atoms with Gasteiger partial charge in [-0.3, -0.25) is 14.9 Å². The van der Waals surface area contributed by atoms with Gasteiger partial charge in [-0.25, -0.2) is 4.79 Å². The van der Waals surface area contributed by atoms with Crippen molar-refractivity contribution in [3.63, 3.8) is 0 Å². The van der Waals surface area contributed by atoms with E-state index in [2.05, 4.69) is 11.9 Å². The second-order valence-corrected chi connectivity index (χ2v) is 4.33. The van der Waals surface area contributed by atoms with Crippen molar-refractivity contribution in [3.05, 3.63) is 52.1 Å². The zero-order chi connectivity index (χ0) is 15.8. The molecule has 0 aromatic heterocycles. The average Bonchev–Trinajstić information content (AvgIpc) is 2.43. The van der Waals surface area contributed by atoms with Crippen molar-refractivity contribution in [2.75, 3.05) is 13.2 Å². The summed E-state index contributed by atoms with van der Waals surface area (Å²) in [5, 5.41) is 13.3. The van der Waals surface area contributed by atoms with Crippen molar-refractivity contribution in [3.8, 4) is 0 Å². The maximum absolute atomic E-state index is 11.7. The van der Waals surface area contributed by atoms with Gasteiger partial charge < -0.3 is 10.1 Å². The normalized spacial score (nSPS) is 9.76. The van der Waals surface area contributed by atoms with Gasteiger partial charge in [-0.15, -0.1) is 0 Å². The Hall–Kier alpha value is -2.70. The van der Waals surface area contributed by atoms with Crippen LogP contribution in [-0.2, 0) is 20.7 Å². The Balaban J connectivity index is 2.43. The van der Waals surface area contributed by atoms with Crippen LogP contribution < -0.4 is 5.32 Å². The smallest absolute Gasteiger partial charge is 0.333 e. The van der Waals surface area contributed by atoms with Crippen LogP contribution in [0.15, 0.2) is 36.4 Å². The van der Waals surface area contributed by atoms with Crippen molar-refractivity contribution in [2.24, 2.45) is 0 Å². The first-order chi connectivity index (χ1) is 9.91. The van der Waals surface area contributed by atoms with Crippen molar-refractivity contribution in [2.45, 2.75) is 13.3 Å². The lowest BCUT2D eigenvalue weighted by molar-refractivity contribution is -0.385. The molecule has 1 N–H and O–H groups in total. The number of amides is 1. The molecule has 21 heavy (non-hydrogen) atoms. The van der Waals surface area contributed by atoms with Crippen LogP contribution in [0.3, 0.4) is 0 Å². The predicted octanol–water partition coefficient (Wildman–Crippen LogP) is 1.37. The highest BCUT2D eigenvalue weighted by Gasteiger charge is 2.15. The topological polar surface area (TPSA) is 98.5 Å². The summed E-state index contributed by atoms with van der Waals surface area (Å²) in [6.45, 7) is 5.11. The maximum atomic E-state index is 11.7. The highest BCUT2D eigenvalue weighted by Crippen LogP contribution is 2.17. The molecule has 112 valence electrons. The number of esters is 1. The zero-order valence-electron chi connectivity index (χ0n) is 11.6. The predicted molar refractivity (Wildman–Crippen MR) is 75.6 cm³/mol. The number of benzene rings is 1. The lowest BCUT2D eigenvalue weighted by atomic mass is 10.1. The van der Waals surface area contributed by atoms with E-state index in [0.29, 0.717) is 5.56 Å². The Morgan fingerprint density at radius 2 is 2.05 bits per heavy atom. The second kappa shape index (κ2) is 7.78. The van der Waals surface area contributed by atoms with Gasteiger partial charge in [0.05, 0.1) is 17.9 Å². The van der Waals surface area contributed by atoms with E-state index in [1.165, 1.54) is 25.1 Å². The molecule has 7 heteroatoms. The number of carbonyl (C=O) groups excluding carboxylic acids is 2. The summed E-state index contributed by atoms with van der Waals surface area (Å²) in [6.07, 6.45) is -0.106. The molecule has 0 atom stereocenters. The Morgan fingerprint density at radius 3 is 2.67 bits per heavy atom. The molecular formula is C14H16N2O5. The fourth-order valence-corrected chi connectivity index (χ4v) is 1.53. The minimum absolute atomic E-state index is 0.0221. The van der Waals surface area contributed by atoms with Crippen LogP contribution in [0.1, 0.15) is 12.5 Å². The van der Waals surface area contributed by atoms with Gasteiger partial charge in [0.1, 0.15) is 6.61 Å². The first kappa shape index (κ1) is 16.4. The van der Waals surface area contributed by atoms with Gasteiger partial charge in [-0.05, 0) is 6.92 Å². The van der Waals surface area contributed by atoms with Crippen molar-refractivity contribution in [1.29, 1.82) is 0 Å². The molecule has 0 unspecified atom stereocenters. The molecule has 0 aliphatic heterocycles. The van der Waals surface area contributed by atoms with Crippen LogP contribution in [-0.4, -0.2) is 30.0 Å². The number of rotatable bonds is 7.